The molecule has 1 atom stereocenters. The third-order valence-corrected chi connectivity index (χ3v) is 4.56. The number of rotatable bonds is 1. The van der Waals surface area contributed by atoms with Gasteiger partial charge in [0.05, 0.1) is 7.11 Å². The minimum atomic E-state index is -0.188. The third kappa shape index (κ3) is 2.44. The highest BCUT2D eigenvalue weighted by molar-refractivity contribution is 5.67. The van der Waals surface area contributed by atoms with Crippen molar-refractivity contribution in [3.8, 4) is 0 Å². The predicted octanol–water partition coefficient (Wildman–Crippen LogP) is 2.14. The Hall–Kier alpha value is -1.78. The first-order valence-corrected chi connectivity index (χ1v) is 7.20. The van der Waals surface area contributed by atoms with Gasteiger partial charge in [0.1, 0.15) is 0 Å². The molecule has 2 aliphatic heterocycles. The van der Waals surface area contributed by atoms with E-state index in [1.54, 1.807) is 0 Å². The Balaban J connectivity index is 1.70. The van der Waals surface area contributed by atoms with Crippen molar-refractivity contribution in [2.45, 2.75) is 19.3 Å². The molecule has 5 heteroatoms. The van der Waals surface area contributed by atoms with Crippen molar-refractivity contribution in [3.63, 3.8) is 0 Å². The molecule has 1 spiro atoms. The number of carbonyl (C=O) groups is 1. The second-order valence-corrected chi connectivity index (χ2v) is 5.87. The largest absolute Gasteiger partial charge is 0.453 e. The van der Waals surface area contributed by atoms with Crippen molar-refractivity contribution in [3.05, 3.63) is 24.5 Å². The van der Waals surface area contributed by atoms with Gasteiger partial charge in [0.25, 0.3) is 0 Å². The van der Waals surface area contributed by atoms with Crippen LogP contribution in [0.15, 0.2) is 24.5 Å². The number of piperidine rings is 1. The van der Waals surface area contributed by atoms with Gasteiger partial charge in [0.2, 0.25) is 0 Å². The van der Waals surface area contributed by atoms with Gasteiger partial charge in [-0.25, -0.2) is 4.79 Å². The van der Waals surface area contributed by atoms with Crippen molar-refractivity contribution >= 4 is 11.8 Å². The quantitative estimate of drug-likeness (QED) is 0.787. The summed E-state index contributed by atoms with van der Waals surface area (Å²) in [7, 11) is 1.46. The van der Waals surface area contributed by atoms with E-state index in [1.165, 1.54) is 19.2 Å². The summed E-state index contributed by atoms with van der Waals surface area (Å²) < 4.78 is 4.87. The van der Waals surface area contributed by atoms with Crippen LogP contribution in [-0.4, -0.2) is 49.3 Å². The van der Waals surface area contributed by atoms with Gasteiger partial charge < -0.3 is 14.5 Å². The zero-order valence-electron chi connectivity index (χ0n) is 11.9. The van der Waals surface area contributed by atoms with Crippen LogP contribution in [0.25, 0.3) is 0 Å². The van der Waals surface area contributed by atoms with Crippen LogP contribution in [0.2, 0.25) is 0 Å². The lowest BCUT2D eigenvalue weighted by Gasteiger charge is -2.39. The molecule has 20 heavy (non-hydrogen) atoms. The Morgan fingerprint density at radius 3 is 2.80 bits per heavy atom. The zero-order valence-corrected chi connectivity index (χ0v) is 11.9. The van der Waals surface area contributed by atoms with Crippen LogP contribution in [0.3, 0.4) is 0 Å². The SMILES string of the molecule is COC(=O)N1CCC[C@@]2(CCN(c3ccncc3)C2)C1. The maximum Gasteiger partial charge on any atom is 0.409 e. The molecule has 1 amide bonds. The standard InChI is InChI=1S/C15H21N3O2/c1-20-14(19)18-9-2-5-15(12-18)6-10-17(11-15)13-3-7-16-8-4-13/h3-4,7-8H,2,5-6,9-12H2,1H3/t15-/m0/s1. The Morgan fingerprint density at radius 1 is 1.25 bits per heavy atom. The number of carbonyl (C=O) groups excluding carboxylic acids is 1. The maximum atomic E-state index is 11.7. The van der Waals surface area contributed by atoms with Crippen molar-refractivity contribution in [1.29, 1.82) is 0 Å². The van der Waals surface area contributed by atoms with Gasteiger partial charge in [-0.05, 0) is 31.4 Å². The number of pyridine rings is 1. The molecule has 1 aromatic heterocycles. The Morgan fingerprint density at radius 2 is 2.05 bits per heavy atom. The minimum Gasteiger partial charge on any atom is -0.453 e. The smallest absolute Gasteiger partial charge is 0.409 e. The molecule has 108 valence electrons. The van der Waals surface area contributed by atoms with E-state index in [0.29, 0.717) is 0 Å². The molecule has 1 aromatic rings. The zero-order chi connectivity index (χ0) is 14.0. The van der Waals surface area contributed by atoms with Crippen LogP contribution in [0.5, 0.6) is 0 Å². The molecule has 0 unspecified atom stereocenters. The molecule has 2 saturated heterocycles. The summed E-state index contributed by atoms with van der Waals surface area (Å²) in [6.45, 7) is 3.72. The summed E-state index contributed by atoms with van der Waals surface area (Å²) in [5.74, 6) is 0. The van der Waals surface area contributed by atoms with Crippen LogP contribution < -0.4 is 4.90 Å². The normalized spacial score (nSPS) is 26.1. The molecule has 3 heterocycles. The maximum absolute atomic E-state index is 11.7. The van der Waals surface area contributed by atoms with Crippen molar-refractivity contribution in [1.82, 2.24) is 9.88 Å². The van der Waals surface area contributed by atoms with Crippen molar-refractivity contribution < 1.29 is 9.53 Å². The highest BCUT2D eigenvalue weighted by atomic mass is 16.5. The topological polar surface area (TPSA) is 45.7 Å². The molecule has 0 bridgehead atoms. The van der Waals surface area contributed by atoms with Crippen LogP contribution >= 0.6 is 0 Å². The Bertz CT molecular complexity index is 479. The molecule has 0 aromatic carbocycles. The lowest BCUT2D eigenvalue weighted by molar-refractivity contribution is 0.0753. The van der Waals surface area contributed by atoms with Crippen molar-refractivity contribution in [2.75, 3.05) is 38.2 Å². The van der Waals surface area contributed by atoms with Gasteiger partial charge in [-0.1, -0.05) is 0 Å². The average Bonchev–Trinajstić information content (AvgIpc) is 2.91. The molecule has 3 rings (SSSR count). The Kier molecular flexibility index (Phi) is 3.51. The summed E-state index contributed by atoms with van der Waals surface area (Å²) in [6.07, 6.45) is 6.89. The van der Waals surface area contributed by atoms with E-state index in [1.807, 2.05) is 17.3 Å². The van der Waals surface area contributed by atoms with Crippen LogP contribution in [-0.2, 0) is 4.74 Å². The number of aromatic nitrogens is 1. The van der Waals surface area contributed by atoms with E-state index in [2.05, 4.69) is 22.0 Å². The Labute approximate surface area is 119 Å². The van der Waals surface area contributed by atoms with E-state index in [4.69, 9.17) is 4.74 Å². The number of likely N-dealkylation sites (tertiary alicyclic amines) is 1. The number of hydrogen-bond acceptors (Lipinski definition) is 4. The van der Waals surface area contributed by atoms with E-state index in [0.717, 1.165) is 39.0 Å². The monoisotopic (exact) mass is 275 g/mol. The molecular formula is C15H21N3O2. The van der Waals surface area contributed by atoms with Gasteiger partial charge in [0, 0.05) is 49.7 Å². The number of nitrogens with zero attached hydrogens (tertiary/aromatic N) is 3. The number of methoxy groups -OCH3 is 1. The molecular weight excluding hydrogens is 254 g/mol. The lowest BCUT2D eigenvalue weighted by atomic mass is 9.79. The van der Waals surface area contributed by atoms with Crippen molar-refractivity contribution in [2.24, 2.45) is 5.41 Å². The van der Waals surface area contributed by atoms with E-state index >= 15 is 0 Å². The number of anilines is 1. The van der Waals surface area contributed by atoms with E-state index < -0.39 is 0 Å². The number of amides is 1. The molecule has 2 aliphatic rings. The first-order valence-electron chi connectivity index (χ1n) is 7.20. The molecule has 0 saturated carbocycles. The fourth-order valence-corrected chi connectivity index (χ4v) is 3.54. The lowest BCUT2D eigenvalue weighted by Crippen LogP contribution is -2.47. The summed E-state index contributed by atoms with van der Waals surface area (Å²) in [5.41, 5.74) is 1.46. The molecule has 0 N–H and O–H groups in total. The highest BCUT2D eigenvalue weighted by Gasteiger charge is 2.42. The second-order valence-electron chi connectivity index (χ2n) is 5.87. The first-order chi connectivity index (χ1) is 9.72. The molecule has 0 aliphatic carbocycles. The first kappa shape index (κ1) is 13.2. The van der Waals surface area contributed by atoms with Gasteiger partial charge >= 0.3 is 6.09 Å². The van der Waals surface area contributed by atoms with E-state index in [9.17, 15) is 4.79 Å². The molecule has 0 radical (unpaired) electrons. The second kappa shape index (κ2) is 5.31. The molecule has 5 nitrogen and oxygen atoms in total. The van der Waals surface area contributed by atoms with Crippen LogP contribution in [0, 0.1) is 5.41 Å². The summed E-state index contributed by atoms with van der Waals surface area (Å²) >= 11 is 0. The number of ether oxygens (including phenoxy) is 1. The molecule has 2 fully saturated rings. The average molecular weight is 275 g/mol. The summed E-state index contributed by atoms with van der Waals surface area (Å²) in [5, 5.41) is 0. The summed E-state index contributed by atoms with van der Waals surface area (Å²) in [4.78, 5) is 20.1. The fraction of sp³-hybridized carbons (Fsp3) is 0.600. The van der Waals surface area contributed by atoms with E-state index in [-0.39, 0.29) is 11.5 Å². The fourth-order valence-electron chi connectivity index (χ4n) is 3.54. The van der Waals surface area contributed by atoms with Crippen LogP contribution in [0.4, 0.5) is 10.5 Å². The van der Waals surface area contributed by atoms with Gasteiger partial charge in [-0.15, -0.1) is 0 Å². The van der Waals surface area contributed by atoms with Gasteiger partial charge in [-0.2, -0.15) is 0 Å². The predicted molar refractivity (Wildman–Crippen MR) is 76.7 cm³/mol. The minimum absolute atomic E-state index is 0.188. The van der Waals surface area contributed by atoms with Gasteiger partial charge in [0.15, 0.2) is 0 Å². The third-order valence-electron chi connectivity index (χ3n) is 4.56. The van der Waals surface area contributed by atoms with Gasteiger partial charge in [-0.3, -0.25) is 4.98 Å². The van der Waals surface area contributed by atoms with Crippen LogP contribution in [0.1, 0.15) is 19.3 Å². The summed E-state index contributed by atoms with van der Waals surface area (Å²) in [6, 6.07) is 4.11. The number of hydrogen-bond donors (Lipinski definition) is 0. The highest BCUT2D eigenvalue weighted by Crippen LogP contribution is 2.40.